The molecule has 0 saturated heterocycles. The molecule has 2 heterocycles. The third-order valence-electron chi connectivity index (χ3n) is 3.09. The zero-order chi connectivity index (χ0) is 15.1. The van der Waals surface area contributed by atoms with E-state index in [2.05, 4.69) is 4.98 Å². The summed E-state index contributed by atoms with van der Waals surface area (Å²) in [5.74, 6) is -0.365. The van der Waals surface area contributed by atoms with E-state index >= 15 is 0 Å². The normalized spacial score (nSPS) is 15.2. The number of aromatic nitrogens is 1. The number of carbonyl (C=O) groups excluding carboxylic acids is 1. The van der Waals surface area contributed by atoms with E-state index in [0.717, 1.165) is 0 Å². The molecule has 1 aromatic heterocycles. The van der Waals surface area contributed by atoms with E-state index in [1.165, 1.54) is 0 Å². The van der Waals surface area contributed by atoms with Crippen molar-refractivity contribution < 1.29 is 9.53 Å². The van der Waals surface area contributed by atoms with E-state index in [0.29, 0.717) is 32.6 Å². The molecule has 0 unspecified atom stereocenters. The average Bonchev–Trinajstić information content (AvgIpc) is 2.69. The number of benzene rings is 1. The van der Waals surface area contributed by atoms with Crippen LogP contribution in [0, 0.1) is 6.92 Å². The first-order chi connectivity index (χ1) is 9.95. The molecule has 0 saturated carbocycles. The van der Waals surface area contributed by atoms with Crippen LogP contribution in [0.25, 0.3) is 11.8 Å². The van der Waals surface area contributed by atoms with Crippen molar-refractivity contribution in [1.29, 1.82) is 0 Å². The lowest BCUT2D eigenvalue weighted by atomic mass is 10.1. The Morgan fingerprint density at radius 3 is 2.67 bits per heavy atom. The van der Waals surface area contributed by atoms with Gasteiger partial charge in [-0.1, -0.05) is 29.3 Å². The van der Waals surface area contributed by atoms with Crippen LogP contribution in [0.5, 0.6) is 0 Å². The first-order valence-electron chi connectivity index (χ1n) is 6.09. The summed E-state index contributed by atoms with van der Waals surface area (Å²) >= 11 is 11.9. The summed E-state index contributed by atoms with van der Waals surface area (Å²) < 4.78 is 5.17. The minimum absolute atomic E-state index is 0.0111. The van der Waals surface area contributed by atoms with Gasteiger partial charge in [0.25, 0.3) is 5.56 Å². The number of esters is 1. The van der Waals surface area contributed by atoms with Gasteiger partial charge in [-0.2, -0.15) is 0 Å². The van der Waals surface area contributed by atoms with Gasteiger partial charge in [-0.25, -0.2) is 4.79 Å². The molecule has 0 spiro atoms. The fourth-order valence-electron chi connectivity index (χ4n) is 2.16. The van der Waals surface area contributed by atoms with Crippen molar-refractivity contribution in [1.82, 2.24) is 4.98 Å². The molecule has 0 atom stereocenters. The molecular weight excluding hydrogens is 313 g/mol. The van der Waals surface area contributed by atoms with Gasteiger partial charge < -0.3 is 9.72 Å². The zero-order valence-electron chi connectivity index (χ0n) is 10.9. The number of cyclic esters (lactones) is 1. The van der Waals surface area contributed by atoms with Crippen molar-refractivity contribution in [2.75, 3.05) is 0 Å². The van der Waals surface area contributed by atoms with Gasteiger partial charge >= 0.3 is 5.97 Å². The number of hydrogen-bond donors (Lipinski definition) is 1. The van der Waals surface area contributed by atoms with E-state index < -0.39 is 11.5 Å². The number of aryl methyl sites for hydroxylation is 1. The summed E-state index contributed by atoms with van der Waals surface area (Å²) in [5.41, 5.74) is 1.31. The first kappa shape index (κ1) is 13.9. The SMILES string of the molecule is Cc1cc2c(c(=O)[nH]1)C(=O)OC2=Cc1ccc(Cl)cc1Cl. The third kappa shape index (κ3) is 2.48. The Hall–Kier alpha value is -2.04. The van der Waals surface area contributed by atoms with Crippen molar-refractivity contribution in [2.24, 2.45) is 0 Å². The largest absolute Gasteiger partial charge is 0.422 e. The molecule has 0 fully saturated rings. The standard InChI is InChI=1S/C15H9Cl2NO3/c1-7-4-10-12(21-15(20)13(10)14(19)18-7)5-8-2-3-9(16)6-11(8)17/h2-6H,1H3,(H,18,19). The average molecular weight is 322 g/mol. The zero-order valence-corrected chi connectivity index (χ0v) is 12.4. The fraction of sp³-hybridized carbons (Fsp3) is 0.0667. The van der Waals surface area contributed by atoms with E-state index in [9.17, 15) is 9.59 Å². The Morgan fingerprint density at radius 1 is 1.19 bits per heavy atom. The molecule has 0 radical (unpaired) electrons. The maximum Gasteiger partial charge on any atom is 0.349 e. The van der Waals surface area contributed by atoms with Crippen LogP contribution >= 0.6 is 23.2 Å². The molecule has 0 amide bonds. The third-order valence-corrected chi connectivity index (χ3v) is 3.65. The summed E-state index contributed by atoms with van der Waals surface area (Å²) in [4.78, 5) is 26.2. The Bertz CT molecular complexity index is 852. The molecule has 1 aromatic carbocycles. The lowest BCUT2D eigenvalue weighted by Crippen LogP contribution is -2.16. The highest BCUT2D eigenvalue weighted by molar-refractivity contribution is 6.35. The summed E-state index contributed by atoms with van der Waals surface area (Å²) in [6.07, 6.45) is 1.61. The molecule has 106 valence electrons. The van der Waals surface area contributed by atoms with Crippen LogP contribution in [0.2, 0.25) is 10.0 Å². The van der Waals surface area contributed by atoms with E-state index in [1.54, 1.807) is 37.3 Å². The van der Waals surface area contributed by atoms with Gasteiger partial charge in [0.2, 0.25) is 0 Å². The van der Waals surface area contributed by atoms with Gasteiger partial charge in [0.1, 0.15) is 11.3 Å². The number of nitrogens with one attached hydrogen (secondary N) is 1. The molecule has 6 heteroatoms. The molecule has 1 aliphatic heterocycles. The molecule has 4 nitrogen and oxygen atoms in total. The lowest BCUT2D eigenvalue weighted by Gasteiger charge is -2.02. The molecule has 1 aliphatic rings. The number of H-pyrrole nitrogens is 1. The van der Waals surface area contributed by atoms with Crippen LogP contribution in [0.3, 0.4) is 0 Å². The second-order valence-corrected chi connectivity index (χ2v) is 5.48. The minimum Gasteiger partial charge on any atom is -0.422 e. The number of halogens is 2. The molecule has 1 N–H and O–H groups in total. The van der Waals surface area contributed by atoms with Crippen LogP contribution in [0.1, 0.15) is 27.2 Å². The number of ether oxygens (including phenoxy) is 1. The lowest BCUT2D eigenvalue weighted by molar-refractivity contribution is 0.0715. The Kier molecular flexibility index (Phi) is 3.35. The number of aromatic amines is 1. The number of hydrogen-bond acceptors (Lipinski definition) is 3. The van der Waals surface area contributed by atoms with Gasteiger partial charge in [0.15, 0.2) is 0 Å². The first-order valence-corrected chi connectivity index (χ1v) is 6.84. The molecule has 21 heavy (non-hydrogen) atoms. The Morgan fingerprint density at radius 2 is 1.95 bits per heavy atom. The van der Waals surface area contributed by atoms with E-state index in [-0.39, 0.29) is 5.56 Å². The van der Waals surface area contributed by atoms with Crippen LogP contribution in [-0.2, 0) is 4.74 Å². The monoisotopic (exact) mass is 321 g/mol. The van der Waals surface area contributed by atoms with Crippen molar-refractivity contribution in [3.05, 3.63) is 67.0 Å². The highest BCUT2D eigenvalue weighted by atomic mass is 35.5. The van der Waals surface area contributed by atoms with E-state index in [4.69, 9.17) is 27.9 Å². The van der Waals surface area contributed by atoms with Crippen molar-refractivity contribution in [3.63, 3.8) is 0 Å². The molecule has 2 aromatic rings. The van der Waals surface area contributed by atoms with Crippen LogP contribution < -0.4 is 5.56 Å². The smallest absolute Gasteiger partial charge is 0.349 e. The maximum atomic E-state index is 11.8. The van der Waals surface area contributed by atoms with E-state index in [1.807, 2.05) is 0 Å². The van der Waals surface area contributed by atoms with Crippen LogP contribution in [-0.4, -0.2) is 11.0 Å². The topological polar surface area (TPSA) is 59.2 Å². The molecule has 0 aliphatic carbocycles. The maximum absolute atomic E-state index is 11.8. The van der Waals surface area contributed by atoms with Gasteiger partial charge in [0, 0.05) is 21.3 Å². The highest BCUT2D eigenvalue weighted by Gasteiger charge is 2.30. The predicted octanol–water partition coefficient (Wildman–Crippen LogP) is 3.66. The Balaban J connectivity index is 2.17. The highest BCUT2D eigenvalue weighted by Crippen LogP contribution is 2.31. The Labute approximate surface area is 130 Å². The number of pyridine rings is 1. The van der Waals surface area contributed by atoms with Gasteiger partial charge in [-0.05, 0) is 36.8 Å². The van der Waals surface area contributed by atoms with Crippen LogP contribution in [0.4, 0.5) is 0 Å². The second kappa shape index (κ2) is 5.06. The molecule has 3 rings (SSSR count). The van der Waals surface area contributed by atoms with Crippen molar-refractivity contribution in [2.45, 2.75) is 6.92 Å². The van der Waals surface area contributed by atoms with Crippen LogP contribution in [0.15, 0.2) is 29.1 Å². The second-order valence-electron chi connectivity index (χ2n) is 4.63. The minimum atomic E-state index is -0.664. The molecule has 0 bridgehead atoms. The fourth-order valence-corrected chi connectivity index (χ4v) is 2.62. The summed E-state index contributed by atoms with van der Waals surface area (Å²) in [6.45, 7) is 1.73. The van der Waals surface area contributed by atoms with Crippen molar-refractivity contribution in [3.8, 4) is 0 Å². The number of carbonyl (C=O) groups is 1. The summed E-state index contributed by atoms with van der Waals surface area (Å²) in [6, 6.07) is 6.68. The van der Waals surface area contributed by atoms with Gasteiger partial charge in [0.05, 0.1) is 0 Å². The quantitative estimate of drug-likeness (QED) is 0.815. The molecular formula is C15H9Cl2NO3. The number of rotatable bonds is 1. The van der Waals surface area contributed by atoms with Crippen molar-refractivity contribution >= 4 is 41.0 Å². The van der Waals surface area contributed by atoms with Gasteiger partial charge in [-0.3, -0.25) is 4.79 Å². The summed E-state index contributed by atoms with van der Waals surface area (Å²) in [7, 11) is 0. The summed E-state index contributed by atoms with van der Waals surface area (Å²) in [5, 5.41) is 0.944. The number of fused-ring (bicyclic) bond motifs is 1. The van der Waals surface area contributed by atoms with Gasteiger partial charge in [-0.15, -0.1) is 0 Å². The predicted molar refractivity (Wildman–Crippen MR) is 81.5 cm³/mol.